The number of hydrogen-bond acceptors (Lipinski definition) is 2. The van der Waals surface area contributed by atoms with Crippen LogP contribution in [0.3, 0.4) is 0 Å². The van der Waals surface area contributed by atoms with E-state index >= 15 is 0 Å². The van der Waals surface area contributed by atoms with Crippen LogP contribution in [-0.2, 0) is 9.59 Å². The molecule has 0 bridgehead atoms. The third-order valence-electron chi connectivity index (χ3n) is 2.96. The largest absolute Gasteiger partial charge is 0.343 e. The van der Waals surface area contributed by atoms with Crippen LogP contribution >= 0.6 is 0 Å². The summed E-state index contributed by atoms with van der Waals surface area (Å²) in [6.45, 7) is 11.2. The molecule has 0 aromatic heterocycles. The second-order valence-electron chi connectivity index (χ2n) is 4.64. The van der Waals surface area contributed by atoms with Crippen molar-refractivity contribution in [2.75, 3.05) is 0 Å². The fourth-order valence-electron chi connectivity index (χ4n) is 2.04. The fraction of sp³-hybridized carbons (Fsp3) is 0.667. The summed E-state index contributed by atoms with van der Waals surface area (Å²) in [5.74, 6) is -0.0136. The summed E-state index contributed by atoms with van der Waals surface area (Å²) in [5.41, 5.74) is 0. The molecule has 1 N–H and O–H groups in total. The van der Waals surface area contributed by atoms with Crippen LogP contribution in [0.4, 0.5) is 0 Å². The lowest BCUT2D eigenvalue weighted by Crippen LogP contribution is -2.65. The highest BCUT2D eigenvalue weighted by molar-refractivity contribution is 5.97. The molecule has 1 rings (SSSR count). The SMILES string of the molecule is C=CC(C)N1C(=O)C(C)NC(=O)C1C(C)C. The summed E-state index contributed by atoms with van der Waals surface area (Å²) in [5, 5.41) is 2.70. The Bertz CT molecular complexity index is 312. The maximum Gasteiger partial charge on any atom is 0.246 e. The first-order chi connectivity index (χ1) is 7.40. The van der Waals surface area contributed by atoms with Crippen LogP contribution in [0.2, 0.25) is 0 Å². The minimum absolute atomic E-state index is 0.0364. The number of carbonyl (C=O) groups is 2. The zero-order valence-electron chi connectivity index (χ0n) is 10.4. The third kappa shape index (κ3) is 2.10. The molecular weight excluding hydrogens is 204 g/mol. The second kappa shape index (κ2) is 4.68. The molecule has 1 aliphatic heterocycles. The predicted octanol–water partition coefficient (Wildman–Crippen LogP) is 0.932. The van der Waals surface area contributed by atoms with E-state index in [1.807, 2.05) is 20.8 Å². The Morgan fingerprint density at radius 2 is 1.94 bits per heavy atom. The van der Waals surface area contributed by atoms with Gasteiger partial charge in [0.2, 0.25) is 11.8 Å². The van der Waals surface area contributed by atoms with Gasteiger partial charge in [-0.1, -0.05) is 19.9 Å². The maximum absolute atomic E-state index is 12.0. The van der Waals surface area contributed by atoms with Gasteiger partial charge in [-0.25, -0.2) is 0 Å². The van der Waals surface area contributed by atoms with Crippen LogP contribution in [0.1, 0.15) is 27.7 Å². The Hall–Kier alpha value is -1.32. The molecule has 0 aromatic carbocycles. The first-order valence-electron chi connectivity index (χ1n) is 5.65. The monoisotopic (exact) mass is 224 g/mol. The Kier molecular flexibility index (Phi) is 3.73. The van der Waals surface area contributed by atoms with E-state index in [0.717, 1.165) is 0 Å². The Balaban J connectivity index is 3.06. The van der Waals surface area contributed by atoms with E-state index in [4.69, 9.17) is 0 Å². The molecule has 1 fully saturated rings. The lowest BCUT2D eigenvalue weighted by atomic mass is 9.95. The van der Waals surface area contributed by atoms with E-state index in [1.165, 1.54) is 0 Å². The van der Waals surface area contributed by atoms with Crippen LogP contribution in [-0.4, -0.2) is 34.8 Å². The highest BCUT2D eigenvalue weighted by atomic mass is 16.2. The van der Waals surface area contributed by atoms with E-state index in [1.54, 1.807) is 17.9 Å². The molecule has 3 atom stereocenters. The molecule has 16 heavy (non-hydrogen) atoms. The van der Waals surface area contributed by atoms with Crippen LogP contribution in [0.15, 0.2) is 12.7 Å². The molecule has 4 nitrogen and oxygen atoms in total. The number of nitrogens with zero attached hydrogens (tertiary/aromatic N) is 1. The van der Waals surface area contributed by atoms with Gasteiger partial charge in [0.05, 0.1) is 0 Å². The number of piperazine rings is 1. The van der Waals surface area contributed by atoms with Crippen molar-refractivity contribution >= 4 is 11.8 Å². The number of carbonyl (C=O) groups excluding carboxylic acids is 2. The number of hydrogen-bond donors (Lipinski definition) is 1. The highest BCUT2D eigenvalue weighted by Crippen LogP contribution is 2.20. The van der Waals surface area contributed by atoms with Crippen molar-refractivity contribution in [3.63, 3.8) is 0 Å². The van der Waals surface area contributed by atoms with E-state index in [0.29, 0.717) is 0 Å². The molecule has 1 heterocycles. The van der Waals surface area contributed by atoms with Gasteiger partial charge in [-0.05, 0) is 19.8 Å². The van der Waals surface area contributed by atoms with Crippen molar-refractivity contribution in [1.82, 2.24) is 10.2 Å². The molecule has 2 amide bonds. The molecule has 0 radical (unpaired) electrons. The van der Waals surface area contributed by atoms with E-state index in [2.05, 4.69) is 11.9 Å². The third-order valence-corrected chi connectivity index (χ3v) is 2.96. The van der Waals surface area contributed by atoms with E-state index in [9.17, 15) is 9.59 Å². The molecule has 0 spiro atoms. The molecule has 0 aromatic rings. The average molecular weight is 224 g/mol. The molecule has 90 valence electrons. The lowest BCUT2D eigenvalue weighted by Gasteiger charge is -2.42. The van der Waals surface area contributed by atoms with Crippen molar-refractivity contribution in [2.45, 2.75) is 45.8 Å². The fourth-order valence-corrected chi connectivity index (χ4v) is 2.04. The number of amides is 2. The van der Waals surface area contributed by atoms with Gasteiger partial charge in [-0.2, -0.15) is 0 Å². The average Bonchev–Trinajstić information content (AvgIpc) is 2.21. The molecule has 1 saturated heterocycles. The van der Waals surface area contributed by atoms with Gasteiger partial charge in [0.15, 0.2) is 0 Å². The van der Waals surface area contributed by atoms with Gasteiger partial charge in [-0.3, -0.25) is 9.59 Å². The summed E-state index contributed by atoms with van der Waals surface area (Å²) >= 11 is 0. The molecule has 1 aliphatic rings. The van der Waals surface area contributed by atoms with Gasteiger partial charge in [0, 0.05) is 6.04 Å². The van der Waals surface area contributed by atoms with Crippen LogP contribution < -0.4 is 5.32 Å². The van der Waals surface area contributed by atoms with E-state index in [-0.39, 0.29) is 23.8 Å². The molecule has 0 aliphatic carbocycles. The summed E-state index contributed by atoms with van der Waals surface area (Å²) in [7, 11) is 0. The standard InChI is InChI=1S/C12H20N2O2/c1-6-8(4)14-10(7(2)3)11(15)13-9(5)12(14)16/h6-10H,1H2,2-5H3,(H,13,15). The zero-order chi connectivity index (χ0) is 12.5. The van der Waals surface area contributed by atoms with Crippen molar-refractivity contribution in [1.29, 1.82) is 0 Å². The molecule has 3 unspecified atom stereocenters. The van der Waals surface area contributed by atoms with Crippen molar-refractivity contribution in [2.24, 2.45) is 5.92 Å². The minimum Gasteiger partial charge on any atom is -0.343 e. The highest BCUT2D eigenvalue weighted by Gasteiger charge is 2.41. The number of rotatable bonds is 3. The second-order valence-corrected chi connectivity index (χ2v) is 4.64. The smallest absolute Gasteiger partial charge is 0.246 e. The van der Waals surface area contributed by atoms with E-state index < -0.39 is 12.1 Å². The van der Waals surface area contributed by atoms with Crippen LogP contribution in [0.5, 0.6) is 0 Å². The summed E-state index contributed by atoms with van der Waals surface area (Å²) in [6.07, 6.45) is 1.69. The molecular formula is C12H20N2O2. The summed E-state index contributed by atoms with van der Waals surface area (Å²) < 4.78 is 0. The van der Waals surface area contributed by atoms with Gasteiger partial charge >= 0.3 is 0 Å². The first kappa shape index (κ1) is 12.7. The van der Waals surface area contributed by atoms with Crippen LogP contribution in [0.25, 0.3) is 0 Å². The zero-order valence-corrected chi connectivity index (χ0v) is 10.4. The summed E-state index contributed by atoms with van der Waals surface area (Å²) in [6, 6.07) is -0.949. The maximum atomic E-state index is 12.0. The van der Waals surface area contributed by atoms with Crippen molar-refractivity contribution in [3.8, 4) is 0 Å². The Labute approximate surface area is 96.7 Å². The predicted molar refractivity (Wildman–Crippen MR) is 62.7 cm³/mol. The van der Waals surface area contributed by atoms with Gasteiger partial charge < -0.3 is 10.2 Å². The van der Waals surface area contributed by atoms with Gasteiger partial charge in [-0.15, -0.1) is 6.58 Å². The normalized spacial score (nSPS) is 27.9. The van der Waals surface area contributed by atoms with Gasteiger partial charge in [0.1, 0.15) is 12.1 Å². The van der Waals surface area contributed by atoms with Crippen molar-refractivity contribution in [3.05, 3.63) is 12.7 Å². The molecule has 0 saturated carbocycles. The number of nitrogens with one attached hydrogen (secondary N) is 1. The molecule has 4 heteroatoms. The first-order valence-corrected chi connectivity index (χ1v) is 5.65. The minimum atomic E-state index is -0.440. The quantitative estimate of drug-likeness (QED) is 0.725. The summed E-state index contributed by atoms with van der Waals surface area (Å²) in [4.78, 5) is 25.6. The topological polar surface area (TPSA) is 49.4 Å². The van der Waals surface area contributed by atoms with Crippen LogP contribution in [0, 0.1) is 5.92 Å². The lowest BCUT2D eigenvalue weighted by molar-refractivity contribution is -0.152. The Morgan fingerprint density at radius 3 is 2.38 bits per heavy atom. The van der Waals surface area contributed by atoms with Crippen molar-refractivity contribution < 1.29 is 9.59 Å². The van der Waals surface area contributed by atoms with Gasteiger partial charge in [0.25, 0.3) is 0 Å². The Morgan fingerprint density at radius 1 is 1.38 bits per heavy atom.